The molecule has 0 spiro atoms. The van der Waals surface area contributed by atoms with Crippen LogP contribution in [-0.4, -0.2) is 41.3 Å². The van der Waals surface area contributed by atoms with Crippen molar-refractivity contribution in [2.45, 2.75) is 13.0 Å². The molecule has 0 saturated carbocycles. The van der Waals surface area contributed by atoms with Gasteiger partial charge in [0.2, 0.25) is 5.95 Å². The van der Waals surface area contributed by atoms with E-state index in [1.807, 2.05) is 43.6 Å². The van der Waals surface area contributed by atoms with Crippen LogP contribution >= 0.6 is 11.6 Å². The molecule has 4 aromatic rings. The Labute approximate surface area is 196 Å². The Morgan fingerprint density at radius 2 is 1.76 bits per heavy atom. The van der Waals surface area contributed by atoms with E-state index in [9.17, 15) is 4.39 Å². The summed E-state index contributed by atoms with van der Waals surface area (Å²) in [4.78, 5) is 15.7. The zero-order valence-corrected chi connectivity index (χ0v) is 18.9. The summed E-state index contributed by atoms with van der Waals surface area (Å²) in [5.74, 6) is 0.443. The predicted molar refractivity (Wildman–Crippen MR) is 129 cm³/mol. The molecule has 1 fully saturated rings. The van der Waals surface area contributed by atoms with Gasteiger partial charge in [0.1, 0.15) is 5.82 Å². The zero-order chi connectivity index (χ0) is 22.8. The average Bonchev–Trinajstić information content (AvgIpc) is 2.86. The summed E-state index contributed by atoms with van der Waals surface area (Å²) in [6, 6.07) is 12.4. The van der Waals surface area contributed by atoms with E-state index in [-0.39, 0.29) is 11.9 Å². The fraction of sp³-hybridized carbons (Fsp3) is 0.240. The van der Waals surface area contributed by atoms with Crippen molar-refractivity contribution in [1.29, 1.82) is 0 Å². The molecular formula is C25H23ClFN5O. The molecule has 168 valence electrons. The first-order valence-corrected chi connectivity index (χ1v) is 11.2. The smallest absolute Gasteiger partial charge is 0.225 e. The minimum absolute atomic E-state index is 0.259. The SMILES string of the molecule is CC(Nc1c(Cl)cnc2ccc(-c3cnc(N4CCOCC4)nc3)cc12)c1ccccc1F. The first kappa shape index (κ1) is 21.6. The Hall–Kier alpha value is -3.29. The van der Waals surface area contributed by atoms with Gasteiger partial charge in [0.05, 0.1) is 35.5 Å². The maximum Gasteiger partial charge on any atom is 0.225 e. The number of morpholine rings is 1. The van der Waals surface area contributed by atoms with E-state index in [0.717, 1.165) is 35.1 Å². The second-order valence-corrected chi connectivity index (χ2v) is 8.38. The molecule has 1 aliphatic heterocycles. The van der Waals surface area contributed by atoms with Crippen molar-refractivity contribution in [3.8, 4) is 11.1 Å². The normalized spacial score (nSPS) is 14.9. The van der Waals surface area contributed by atoms with Crippen LogP contribution in [0.1, 0.15) is 18.5 Å². The van der Waals surface area contributed by atoms with Crippen molar-refractivity contribution in [2.24, 2.45) is 0 Å². The van der Waals surface area contributed by atoms with Crippen molar-refractivity contribution >= 4 is 34.1 Å². The van der Waals surface area contributed by atoms with Gasteiger partial charge in [0, 0.05) is 48.2 Å². The van der Waals surface area contributed by atoms with Gasteiger partial charge in [0.25, 0.3) is 0 Å². The first-order valence-electron chi connectivity index (χ1n) is 10.8. The number of fused-ring (bicyclic) bond motifs is 1. The van der Waals surface area contributed by atoms with Gasteiger partial charge >= 0.3 is 0 Å². The van der Waals surface area contributed by atoms with Crippen LogP contribution in [0, 0.1) is 5.82 Å². The lowest BCUT2D eigenvalue weighted by atomic mass is 10.0. The number of hydrogen-bond acceptors (Lipinski definition) is 6. The molecule has 3 heterocycles. The number of nitrogens with one attached hydrogen (secondary N) is 1. The van der Waals surface area contributed by atoms with Crippen LogP contribution in [0.25, 0.3) is 22.0 Å². The minimum Gasteiger partial charge on any atom is -0.378 e. The summed E-state index contributed by atoms with van der Waals surface area (Å²) in [5.41, 5.74) is 3.91. The van der Waals surface area contributed by atoms with Gasteiger partial charge < -0.3 is 15.0 Å². The van der Waals surface area contributed by atoms with Crippen molar-refractivity contribution in [2.75, 3.05) is 36.5 Å². The summed E-state index contributed by atoms with van der Waals surface area (Å²) < 4.78 is 19.7. The molecule has 0 aliphatic carbocycles. The summed E-state index contributed by atoms with van der Waals surface area (Å²) in [6.45, 7) is 4.85. The average molecular weight is 464 g/mol. The summed E-state index contributed by atoms with van der Waals surface area (Å²) >= 11 is 6.52. The number of nitrogens with zero attached hydrogens (tertiary/aromatic N) is 4. The quantitative estimate of drug-likeness (QED) is 0.422. The molecule has 1 unspecified atom stereocenters. The molecule has 6 nitrogen and oxygen atoms in total. The number of anilines is 2. The van der Waals surface area contributed by atoms with Gasteiger partial charge in [-0.05, 0) is 30.7 Å². The molecule has 1 N–H and O–H groups in total. The maximum atomic E-state index is 14.3. The van der Waals surface area contributed by atoms with Crippen LogP contribution < -0.4 is 10.2 Å². The molecule has 5 rings (SSSR count). The van der Waals surface area contributed by atoms with Crippen LogP contribution in [-0.2, 0) is 4.74 Å². The number of rotatable bonds is 5. The second kappa shape index (κ2) is 9.29. The topological polar surface area (TPSA) is 63.2 Å². The van der Waals surface area contributed by atoms with Crippen LogP contribution in [0.3, 0.4) is 0 Å². The highest BCUT2D eigenvalue weighted by Crippen LogP contribution is 2.35. The van der Waals surface area contributed by atoms with Gasteiger partial charge in [0.15, 0.2) is 0 Å². The fourth-order valence-electron chi connectivity index (χ4n) is 4.01. The highest BCUT2D eigenvalue weighted by atomic mass is 35.5. The third-order valence-corrected chi connectivity index (χ3v) is 6.11. The van der Waals surface area contributed by atoms with E-state index in [4.69, 9.17) is 16.3 Å². The Balaban J connectivity index is 1.47. The monoisotopic (exact) mass is 463 g/mol. The van der Waals surface area contributed by atoms with E-state index in [0.29, 0.717) is 35.4 Å². The van der Waals surface area contributed by atoms with E-state index in [2.05, 4.69) is 25.2 Å². The molecule has 1 saturated heterocycles. The van der Waals surface area contributed by atoms with E-state index in [1.165, 1.54) is 6.07 Å². The lowest BCUT2D eigenvalue weighted by Crippen LogP contribution is -2.37. The lowest BCUT2D eigenvalue weighted by Gasteiger charge is -2.26. The van der Waals surface area contributed by atoms with Crippen molar-refractivity contribution < 1.29 is 9.13 Å². The Bertz CT molecular complexity index is 1280. The van der Waals surface area contributed by atoms with E-state index >= 15 is 0 Å². The largest absolute Gasteiger partial charge is 0.378 e. The van der Waals surface area contributed by atoms with E-state index in [1.54, 1.807) is 18.3 Å². The Kier molecular flexibility index (Phi) is 6.07. The van der Waals surface area contributed by atoms with Crippen LogP contribution in [0.4, 0.5) is 16.0 Å². The van der Waals surface area contributed by atoms with Crippen LogP contribution in [0.15, 0.2) is 61.1 Å². The number of halogens is 2. The standard InChI is InChI=1S/C25H23ClFN5O/c1-16(19-4-2-3-5-22(19)27)31-24-20-12-17(6-7-23(20)28-15-21(24)26)18-13-29-25(30-14-18)32-8-10-33-11-9-32/h2-7,12-16H,8-11H2,1H3,(H,28,31). The molecule has 8 heteroatoms. The number of benzene rings is 2. The zero-order valence-electron chi connectivity index (χ0n) is 18.1. The number of hydrogen-bond donors (Lipinski definition) is 1. The summed E-state index contributed by atoms with van der Waals surface area (Å²) in [6.07, 6.45) is 5.26. The molecular weight excluding hydrogens is 441 g/mol. The van der Waals surface area contributed by atoms with E-state index < -0.39 is 0 Å². The number of ether oxygens (including phenoxy) is 1. The first-order chi connectivity index (χ1) is 16.1. The highest BCUT2D eigenvalue weighted by Gasteiger charge is 2.16. The number of pyridine rings is 1. The van der Waals surface area contributed by atoms with Gasteiger partial charge in [-0.3, -0.25) is 4.98 Å². The van der Waals surface area contributed by atoms with Gasteiger partial charge in [-0.25, -0.2) is 14.4 Å². The van der Waals surface area contributed by atoms with Crippen molar-refractivity contribution in [3.63, 3.8) is 0 Å². The van der Waals surface area contributed by atoms with Gasteiger partial charge in [-0.1, -0.05) is 35.9 Å². The summed E-state index contributed by atoms with van der Waals surface area (Å²) in [7, 11) is 0. The minimum atomic E-state index is -0.283. The van der Waals surface area contributed by atoms with Gasteiger partial charge in [-0.15, -0.1) is 0 Å². The Morgan fingerprint density at radius 3 is 2.52 bits per heavy atom. The molecule has 1 aliphatic rings. The molecule has 0 amide bonds. The lowest BCUT2D eigenvalue weighted by molar-refractivity contribution is 0.122. The third-order valence-electron chi connectivity index (χ3n) is 5.82. The third kappa shape index (κ3) is 4.47. The fourth-order valence-corrected chi connectivity index (χ4v) is 4.22. The maximum absolute atomic E-state index is 14.3. The Morgan fingerprint density at radius 1 is 1.00 bits per heavy atom. The van der Waals surface area contributed by atoms with Crippen molar-refractivity contribution in [1.82, 2.24) is 15.0 Å². The molecule has 0 bridgehead atoms. The molecule has 0 radical (unpaired) electrons. The van der Waals surface area contributed by atoms with Crippen molar-refractivity contribution in [3.05, 3.63) is 77.5 Å². The highest BCUT2D eigenvalue weighted by molar-refractivity contribution is 6.34. The second-order valence-electron chi connectivity index (χ2n) is 7.97. The molecule has 2 aromatic heterocycles. The van der Waals surface area contributed by atoms with Gasteiger partial charge in [-0.2, -0.15) is 0 Å². The predicted octanol–water partition coefficient (Wildman–Crippen LogP) is 5.49. The van der Waals surface area contributed by atoms with Crippen LogP contribution in [0.2, 0.25) is 5.02 Å². The van der Waals surface area contributed by atoms with Crippen LogP contribution in [0.5, 0.6) is 0 Å². The number of aromatic nitrogens is 3. The summed E-state index contributed by atoms with van der Waals surface area (Å²) in [5, 5.41) is 4.70. The molecule has 33 heavy (non-hydrogen) atoms. The molecule has 1 atom stereocenters. The molecule has 2 aromatic carbocycles.